The Kier molecular flexibility index (Phi) is 6.15. The van der Waals surface area contributed by atoms with E-state index in [-0.39, 0.29) is 18.1 Å². The molecule has 0 saturated carbocycles. The Morgan fingerprint density at radius 2 is 2.00 bits per heavy atom. The minimum absolute atomic E-state index is 0.110. The molecule has 0 radical (unpaired) electrons. The molecule has 0 aromatic heterocycles. The number of hydrogen-bond acceptors (Lipinski definition) is 5. The number of ether oxygens (including phenoxy) is 4. The number of nitrogens with one attached hydrogen (secondary N) is 1. The van der Waals surface area contributed by atoms with Crippen molar-refractivity contribution in [1.29, 1.82) is 0 Å². The molecule has 1 amide bonds. The highest BCUT2D eigenvalue weighted by atomic mass is 16.6. The van der Waals surface area contributed by atoms with E-state index in [4.69, 9.17) is 18.9 Å². The van der Waals surface area contributed by atoms with Crippen molar-refractivity contribution in [1.82, 2.24) is 5.32 Å². The quantitative estimate of drug-likeness (QED) is 0.855. The van der Waals surface area contributed by atoms with E-state index < -0.39 is 6.10 Å². The molecule has 3 rings (SSSR count). The number of carbonyl (C=O) groups excluding carboxylic acids is 1. The standard InChI is InChI=1S/C19H27NO5/c1-13(15-6-7-17-18(11-15)24-10-9-23-17)20-19(21)14(2)25-12-16-5-3-4-8-22-16/h6-7,11,13-14,16H,3-5,8-10,12H2,1-2H3,(H,20,21)/t13-,14-,16+/m0/s1. The predicted molar refractivity (Wildman–Crippen MR) is 93.0 cm³/mol. The third-order valence-electron chi connectivity index (χ3n) is 4.60. The maximum atomic E-state index is 12.4. The van der Waals surface area contributed by atoms with Crippen LogP contribution in [0.5, 0.6) is 11.5 Å². The Bertz CT molecular complexity index is 585. The van der Waals surface area contributed by atoms with Crippen molar-refractivity contribution in [3.63, 3.8) is 0 Å². The zero-order chi connectivity index (χ0) is 17.6. The van der Waals surface area contributed by atoms with Gasteiger partial charge in [0.05, 0.1) is 18.8 Å². The zero-order valence-electron chi connectivity index (χ0n) is 15.0. The van der Waals surface area contributed by atoms with Crippen molar-refractivity contribution in [2.75, 3.05) is 26.4 Å². The number of hydrogen-bond donors (Lipinski definition) is 1. The number of carbonyl (C=O) groups is 1. The summed E-state index contributed by atoms with van der Waals surface area (Å²) in [5.74, 6) is 1.35. The lowest BCUT2D eigenvalue weighted by Gasteiger charge is -2.25. The van der Waals surface area contributed by atoms with Crippen molar-refractivity contribution < 1.29 is 23.7 Å². The van der Waals surface area contributed by atoms with E-state index >= 15 is 0 Å². The minimum Gasteiger partial charge on any atom is -0.486 e. The summed E-state index contributed by atoms with van der Waals surface area (Å²) in [5, 5.41) is 2.99. The van der Waals surface area contributed by atoms with Gasteiger partial charge in [-0.05, 0) is 50.8 Å². The molecule has 138 valence electrons. The Labute approximate surface area is 148 Å². The summed E-state index contributed by atoms with van der Waals surface area (Å²) in [6.07, 6.45) is 2.88. The lowest BCUT2D eigenvalue weighted by molar-refractivity contribution is -0.136. The van der Waals surface area contributed by atoms with Crippen LogP contribution in [0.15, 0.2) is 18.2 Å². The van der Waals surface area contributed by atoms with Gasteiger partial charge >= 0.3 is 0 Å². The summed E-state index contributed by atoms with van der Waals surface area (Å²) in [5.41, 5.74) is 0.973. The van der Waals surface area contributed by atoms with Crippen LogP contribution in [0.4, 0.5) is 0 Å². The van der Waals surface area contributed by atoms with Gasteiger partial charge in [-0.15, -0.1) is 0 Å². The monoisotopic (exact) mass is 349 g/mol. The van der Waals surface area contributed by atoms with E-state index in [9.17, 15) is 4.79 Å². The van der Waals surface area contributed by atoms with Crippen LogP contribution < -0.4 is 14.8 Å². The molecule has 3 atom stereocenters. The zero-order valence-corrected chi connectivity index (χ0v) is 15.0. The SMILES string of the molecule is C[C@H](OC[C@H]1CCCCO1)C(=O)N[C@@H](C)c1ccc2c(c1)OCCO2. The van der Waals surface area contributed by atoms with Crippen LogP contribution in [0.2, 0.25) is 0 Å². The fourth-order valence-corrected chi connectivity index (χ4v) is 3.01. The molecule has 1 aromatic rings. The molecule has 1 aromatic carbocycles. The van der Waals surface area contributed by atoms with Crippen molar-refractivity contribution in [2.45, 2.75) is 51.4 Å². The fourth-order valence-electron chi connectivity index (χ4n) is 3.01. The van der Waals surface area contributed by atoms with E-state index in [0.717, 1.165) is 42.9 Å². The second kappa shape index (κ2) is 8.54. The average Bonchev–Trinajstić information content (AvgIpc) is 2.66. The van der Waals surface area contributed by atoms with E-state index in [1.807, 2.05) is 25.1 Å². The molecule has 0 aliphatic carbocycles. The Balaban J connectivity index is 1.49. The summed E-state index contributed by atoms with van der Waals surface area (Å²) in [4.78, 5) is 12.4. The Hall–Kier alpha value is -1.79. The predicted octanol–water partition coefficient (Wildman–Crippen LogP) is 2.61. The number of amides is 1. The van der Waals surface area contributed by atoms with E-state index in [1.165, 1.54) is 0 Å². The third kappa shape index (κ3) is 4.86. The van der Waals surface area contributed by atoms with Gasteiger partial charge in [0.15, 0.2) is 11.5 Å². The molecule has 25 heavy (non-hydrogen) atoms. The van der Waals surface area contributed by atoms with Crippen molar-refractivity contribution in [3.8, 4) is 11.5 Å². The van der Waals surface area contributed by atoms with Crippen LogP contribution in [-0.4, -0.2) is 44.5 Å². The fraction of sp³-hybridized carbons (Fsp3) is 0.632. The molecule has 1 N–H and O–H groups in total. The molecule has 0 unspecified atom stereocenters. The normalized spacial score (nSPS) is 22.1. The molecule has 0 bridgehead atoms. The smallest absolute Gasteiger partial charge is 0.249 e. The second-order valence-electron chi connectivity index (χ2n) is 6.60. The van der Waals surface area contributed by atoms with Gasteiger partial charge in [0.25, 0.3) is 0 Å². The summed E-state index contributed by atoms with van der Waals surface area (Å²) in [6, 6.07) is 5.60. The lowest BCUT2D eigenvalue weighted by Crippen LogP contribution is -2.38. The van der Waals surface area contributed by atoms with Crippen molar-refractivity contribution in [3.05, 3.63) is 23.8 Å². The Morgan fingerprint density at radius 3 is 2.76 bits per heavy atom. The number of benzene rings is 1. The summed E-state index contributed by atoms with van der Waals surface area (Å²) >= 11 is 0. The first-order valence-electron chi connectivity index (χ1n) is 9.06. The molecule has 6 heteroatoms. The molecular weight excluding hydrogens is 322 g/mol. The van der Waals surface area contributed by atoms with Gasteiger partial charge in [-0.2, -0.15) is 0 Å². The number of fused-ring (bicyclic) bond motifs is 1. The molecule has 2 aliphatic heterocycles. The van der Waals surface area contributed by atoms with Crippen LogP contribution in [-0.2, 0) is 14.3 Å². The summed E-state index contributed by atoms with van der Waals surface area (Å²) in [6.45, 7) is 6.08. The van der Waals surface area contributed by atoms with Crippen LogP contribution in [0.25, 0.3) is 0 Å². The van der Waals surface area contributed by atoms with Crippen LogP contribution >= 0.6 is 0 Å². The molecule has 6 nitrogen and oxygen atoms in total. The summed E-state index contributed by atoms with van der Waals surface area (Å²) in [7, 11) is 0. The van der Waals surface area contributed by atoms with Gasteiger partial charge in [0, 0.05) is 6.61 Å². The summed E-state index contributed by atoms with van der Waals surface area (Å²) < 4.78 is 22.4. The first-order chi connectivity index (χ1) is 12.1. The molecular formula is C19H27NO5. The van der Waals surface area contributed by atoms with E-state index in [0.29, 0.717) is 19.8 Å². The van der Waals surface area contributed by atoms with Gasteiger partial charge in [0.2, 0.25) is 5.91 Å². The topological polar surface area (TPSA) is 66.0 Å². The van der Waals surface area contributed by atoms with E-state index in [1.54, 1.807) is 6.92 Å². The largest absolute Gasteiger partial charge is 0.486 e. The third-order valence-corrected chi connectivity index (χ3v) is 4.60. The van der Waals surface area contributed by atoms with E-state index in [2.05, 4.69) is 5.32 Å². The maximum Gasteiger partial charge on any atom is 0.249 e. The highest BCUT2D eigenvalue weighted by Crippen LogP contribution is 2.32. The second-order valence-corrected chi connectivity index (χ2v) is 6.60. The molecule has 2 heterocycles. The van der Waals surface area contributed by atoms with Crippen LogP contribution in [0.3, 0.4) is 0 Å². The van der Waals surface area contributed by atoms with Gasteiger partial charge < -0.3 is 24.3 Å². The molecule has 1 fully saturated rings. The first kappa shape index (κ1) is 18.0. The first-order valence-corrected chi connectivity index (χ1v) is 9.06. The van der Waals surface area contributed by atoms with Gasteiger partial charge in [-0.1, -0.05) is 6.07 Å². The molecule has 1 saturated heterocycles. The maximum absolute atomic E-state index is 12.4. The molecule has 2 aliphatic rings. The van der Waals surface area contributed by atoms with Crippen molar-refractivity contribution >= 4 is 5.91 Å². The Morgan fingerprint density at radius 1 is 1.20 bits per heavy atom. The average molecular weight is 349 g/mol. The van der Waals surface area contributed by atoms with Gasteiger partial charge in [-0.25, -0.2) is 0 Å². The van der Waals surface area contributed by atoms with Crippen molar-refractivity contribution in [2.24, 2.45) is 0 Å². The van der Waals surface area contributed by atoms with Crippen LogP contribution in [0.1, 0.15) is 44.7 Å². The van der Waals surface area contributed by atoms with Gasteiger partial charge in [0.1, 0.15) is 19.3 Å². The lowest BCUT2D eigenvalue weighted by atomic mass is 10.1. The molecule has 0 spiro atoms. The highest BCUT2D eigenvalue weighted by Gasteiger charge is 2.21. The number of rotatable bonds is 6. The highest BCUT2D eigenvalue weighted by molar-refractivity contribution is 5.80. The van der Waals surface area contributed by atoms with Gasteiger partial charge in [-0.3, -0.25) is 4.79 Å². The minimum atomic E-state index is -0.509. The van der Waals surface area contributed by atoms with Crippen LogP contribution in [0, 0.1) is 0 Å².